The molecular weight excluding hydrogens is 250 g/mol. The summed E-state index contributed by atoms with van der Waals surface area (Å²) in [5.41, 5.74) is 2.59. The molecule has 0 spiro atoms. The van der Waals surface area contributed by atoms with Crippen LogP contribution in [0.5, 0.6) is 0 Å². The molecule has 4 heteroatoms. The summed E-state index contributed by atoms with van der Waals surface area (Å²) in [5, 5.41) is 10.0. The van der Waals surface area contributed by atoms with Crippen molar-refractivity contribution in [1.29, 1.82) is 0 Å². The number of aliphatic hydroxyl groups excluding tert-OH is 1. The van der Waals surface area contributed by atoms with Crippen molar-refractivity contribution in [2.45, 2.75) is 58.0 Å². The van der Waals surface area contributed by atoms with E-state index < -0.39 is 0 Å². The van der Waals surface area contributed by atoms with Crippen molar-refractivity contribution in [3.8, 4) is 0 Å². The SMILES string of the molecule is Cc1nc2c(c(N(C)CC3CCCC3O)n1)CCCC2. The smallest absolute Gasteiger partial charge is 0.135 e. The number of nitrogens with zero attached hydrogens (tertiary/aromatic N) is 3. The first-order valence-electron chi connectivity index (χ1n) is 7.90. The fraction of sp³-hybridized carbons (Fsp3) is 0.750. The maximum Gasteiger partial charge on any atom is 0.135 e. The van der Waals surface area contributed by atoms with Crippen LogP contribution < -0.4 is 4.90 Å². The molecule has 0 aromatic carbocycles. The van der Waals surface area contributed by atoms with Crippen molar-refractivity contribution < 1.29 is 5.11 Å². The highest BCUT2D eigenvalue weighted by Crippen LogP contribution is 2.31. The van der Waals surface area contributed by atoms with E-state index in [4.69, 9.17) is 0 Å². The zero-order chi connectivity index (χ0) is 14.1. The molecule has 1 N–H and O–H groups in total. The van der Waals surface area contributed by atoms with E-state index in [1.165, 1.54) is 24.1 Å². The molecule has 1 fully saturated rings. The summed E-state index contributed by atoms with van der Waals surface area (Å²) < 4.78 is 0. The van der Waals surface area contributed by atoms with Gasteiger partial charge in [-0.1, -0.05) is 6.42 Å². The molecule has 2 unspecified atom stereocenters. The Labute approximate surface area is 121 Å². The standard InChI is InChI=1S/C16H25N3O/c1-11-17-14-8-4-3-7-13(14)16(18-11)19(2)10-12-6-5-9-15(12)20/h12,15,20H,3-10H2,1-2H3. The van der Waals surface area contributed by atoms with E-state index in [2.05, 4.69) is 21.9 Å². The molecule has 0 radical (unpaired) electrons. The van der Waals surface area contributed by atoms with Crippen LogP contribution in [-0.2, 0) is 12.8 Å². The van der Waals surface area contributed by atoms with Crippen LogP contribution in [0.15, 0.2) is 0 Å². The first-order chi connectivity index (χ1) is 9.65. The molecule has 1 saturated carbocycles. The van der Waals surface area contributed by atoms with Gasteiger partial charge in [-0.2, -0.15) is 0 Å². The van der Waals surface area contributed by atoms with Gasteiger partial charge in [-0.15, -0.1) is 0 Å². The Morgan fingerprint density at radius 3 is 2.70 bits per heavy atom. The van der Waals surface area contributed by atoms with Gasteiger partial charge in [0.1, 0.15) is 11.6 Å². The van der Waals surface area contributed by atoms with Gasteiger partial charge in [0, 0.05) is 30.8 Å². The predicted molar refractivity (Wildman–Crippen MR) is 80.0 cm³/mol. The average Bonchev–Trinajstić information content (AvgIpc) is 2.83. The first kappa shape index (κ1) is 13.8. The number of hydrogen-bond acceptors (Lipinski definition) is 4. The van der Waals surface area contributed by atoms with Gasteiger partial charge in [-0.25, -0.2) is 9.97 Å². The van der Waals surface area contributed by atoms with Gasteiger partial charge >= 0.3 is 0 Å². The second-order valence-corrected chi connectivity index (χ2v) is 6.37. The normalized spacial score (nSPS) is 25.6. The molecule has 0 amide bonds. The molecule has 20 heavy (non-hydrogen) atoms. The summed E-state index contributed by atoms with van der Waals surface area (Å²) in [4.78, 5) is 11.6. The van der Waals surface area contributed by atoms with Gasteiger partial charge in [-0.3, -0.25) is 0 Å². The molecular formula is C16H25N3O. The summed E-state index contributed by atoms with van der Waals surface area (Å²) in [7, 11) is 2.11. The zero-order valence-electron chi connectivity index (χ0n) is 12.6. The van der Waals surface area contributed by atoms with Crippen molar-refractivity contribution in [2.75, 3.05) is 18.5 Å². The Bertz CT molecular complexity index is 489. The second kappa shape index (κ2) is 5.68. The lowest BCUT2D eigenvalue weighted by molar-refractivity contribution is 0.136. The molecule has 110 valence electrons. The first-order valence-corrected chi connectivity index (χ1v) is 7.90. The highest BCUT2D eigenvalue weighted by molar-refractivity contribution is 5.49. The maximum atomic E-state index is 10.0. The molecule has 4 nitrogen and oxygen atoms in total. The van der Waals surface area contributed by atoms with Gasteiger partial charge in [0.2, 0.25) is 0 Å². The van der Waals surface area contributed by atoms with Crippen molar-refractivity contribution in [3.63, 3.8) is 0 Å². The van der Waals surface area contributed by atoms with Gasteiger partial charge in [-0.05, 0) is 45.4 Å². The van der Waals surface area contributed by atoms with Crippen LogP contribution in [0, 0.1) is 12.8 Å². The number of anilines is 1. The van der Waals surface area contributed by atoms with Crippen LogP contribution in [0.2, 0.25) is 0 Å². The fourth-order valence-electron chi connectivity index (χ4n) is 3.68. The molecule has 2 aliphatic rings. The lowest BCUT2D eigenvalue weighted by atomic mass is 9.95. The van der Waals surface area contributed by atoms with Gasteiger partial charge in [0.25, 0.3) is 0 Å². The topological polar surface area (TPSA) is 49.2 Å². The van der Waals surface area contributed by atoms with E-state index in [1.807, 2.05) is 6.92 Å². The summed E-state index contributed by atoms with van der Waals surface area (Å²) in [6.45, 7) is 2.89. The van der Waals surface area contributed by atoms with Gasteiger partial charge < -0.3 is 10.0 Å². The van der Waals surface area contributed by atoms with Crippen LogP contribution in [0.4, 0.5) is 5.82 Å². The predicted octanol–water partition coefficient (Wildman–Crippen LogP) is 2.26. The summed E-state index contributed by atoms with van der Waals surface area (Å²) in [6.07, 6.45) is 7.79. The largest absolute Gasteiger partial charge is 0.393 e. The highest BCUT2D eigenvalue weighted by atomic mass is 16.3. The third-order valence-corrected chi connectivity index (χ3v) is 4.76. The number of rotatable bonds is 3. The van der Waals surface area contributed by atoms with E-state index in [-0.39, 0.29) is 6.10 Å². The monoisotopic (exact) mass is 275 g/mol. The van der Waals surface area contributed by atoms with Crippen molar-refractivity contribution in [3.05, 3.63) is 17.1 Å². The molecule has 0 saturated heterocycles. The Morgan fingerprint density at radius 1 is 1.15 bits per heavy atom. The quantitative estimate of drug-likeness (QED) is 0.919. The van der Waals surface area contributed by atoms with Crippen molar-refractivity contribution in [2.24, 2.45) is 5.92 Å². The Balaban J connectivity index is 1.83. The number of aliphatic hydroxyl groups is 1. The lowest BCUT2D eigenvalue weighted by Gasteiger charge is -2.28. The number of aryl methyl sites for hydroxylation is 2. The van der Waals surface area contributed by atoms with E-state index in [0.29, 0.717) is 5.92 Å². The molecule has 1 aromatic heterocycles. The summed E-state index contributed by atoms with van der Waals surface area (Å²) >= 11 is 0. The van der Waals surface area contributed by atoms with E-state index in [0.717, 1.165) is 50.3 Å². The van der Waals surface area contributed by atoms with Crippen LogP contribution in [0.25, 0.3) is 0 Å². The summed E-state index contributed by atoms with van der Waals surface area (Å²) in [6, 6.07) is 0. The van der Waals surface area contributed by atoms with Crippen LogP contribution >= 0.6 is 0 Å². The average molecular weight is 275 g/mol. The molecule has 2 atom stereocenters. The fourth-order valence-corrected chi connectivity index (χ4v) is 3.68. The summed E-state index contributed by atoms with van der Waals surface area (Å²) in [5.74, 6) is 2.38. The van der Waals surface area contributed by atoms with Crippen LogP contribution in [0.3, 0.4) is 0 Å². The van der Waals surface area contributed by atoms with Crippen molar-refractivity contribution >= 4 is 5.82 Å². The Kier molecular flexibility index (Phi) is 3.92. The molecule has 3 rings (SSSR count). The number of hydrogen-bond donors (Lipinski definition) is 1. The zero-order valence-corrected chi connectivity index (χ0v) is 12.6. The molecule has 1 heterocycles. The third kappa shape index (κ3) is 2.66. The number of aromatic nitrogens is 2. The van der Waals surface area contributed by atoms with Crippen LogP contribution in [0.1, 0.15) is 49.2 Å². The molecule has 2 aliphatic carbocycles. The van der Waals surface area contributed by atoms with Gasteiger partial charge in [0.15, 0.2) is 0 Å². The molecule has 0 aliphatic heterocycles. The minimum absolute atomic E-state index is 0.129. The molecule has 0 bridgehead atoms. The highest BCUT2D eigenvalue weighted by Gasteiger charge is 2.28. The minimum Gasteiger partial charge on any atom is -0.393 e. The lowest BCUT2D eigenvalue weighted by Crippen LogP contribution is -2.31. The Hall–Kier alpha value is -1.16. The van der Waals surface area contributed by atoms with Gasteiger partial charge in [0.05, 0.1) is 6.10 Å². The maximum absolute atomic E-state index is 10.0. The minimum atomic E-state index is -0.129. The van der Waals surface area contributed by atoms with Crippen LogP contribution in [-0.4, -0.2) is 34.8 Å². The second-order valence-electron chi connectivity index (χ2n) is 6.37. The van der Waals surface area contributed by atoms with Crippen molar-refractivity contribution in [1.82, 2.24) is 9.97 Å². The Morgan fingerprint density at radius 2 is 1.95 bits per heavy atom. The van der Waals surface area contributed by atoms with E-state index >= 15 is 0 Å². The number of fused-ring (bicyclic) bond motifs is 1. The molecule has 1 aromatic rings. The van der Waals surface area contributed by atoms with E-state index in [9.17, 15) is 5.11 Å². The third-order valence-electron chi connectivity index (χ3n) is 4.76. The van der Waals surface area contributed by atoms with E-state index in [1.54, 1.807) is 0 Å².